The van der Waals surface area contributed by atoms with E-state index in [9.17, 15) is 14.4 Å². The van der Waals surface area contributed by atoms with E-state index < -0.39 is 6.10 Å². The van der Waals surface area contributed by atoms with Crippen LogP contribution >= 0.6 is 0 Å². The van der Waals surface area contributed by atoms with E-state index in [0.717, 1.165) is 89.9 Å². The van der Waals surface area contributed by atoms with Crippen LogP contribution in [0, 0.1) is 0 Å². The number of hydrogen-bond acceptors (Lipinski definition) is 6. The summed E-state index contributed by atoms with van der Waals surface area (Å²) < 4.78 is 16.9. The Balaban J connectivity index is 4.20. The maximum absolute atomic E-state index is 12.9. The molecule has 0 heterocycles. The summed E-state index contributed by atoms with van der Waals surface area (Å²) in [5.74, 6) is -0.846. The van der Waals surface area contributed by atoms with Gasteiger partial charge in [-0.2, -0.15) is 0 Å². The van der Waals surface area contributed by atoms with Crippen molar-refractivity contribution in [3.63, 3.8) is 0 Å². The molecule has 442 valence electrons. The Hall–Kier alpha value is -2.89. The molecule has 1 atom stereocenters. The highest BCUT2D eigenvalue weighted by molar-refractivity contribution is 5.71. The zero-order valence-corrected chi connectivity index (χ0v) is 50.8. The van der Waals surface area contributed by atoms with Gasteiger partial charge in [-0.1, -0.05) is 326 Å². The molecule has 0 aromatic rings. The van der Waals surface area contributed by atoms with Gasteiger partial charge in [0.1, 0.15) is 13.2 Å². The van der Waals surface area contributed by atoms with E-state index in [0.29, 0.717) is 19.3 Å². The highest BCUT2D eigenvalue weighted by Gasteiger charge is 2.19. The monoisotopic (exact) mass is 1060 g/mol. The molecule has 0 radical (unpaired) electrons. The van der Waals surface area contributed by atoms with Gasteiger partial charge in [0, 0.05) is 19.3 Å². The van der Waals surface area contributed by atoms with Crippen LogP contribution in [-0.2, 0) is 28.6 Å². The highest BCUT2D eigenvalue weighted by atomic mass is 16.6. The lowest BCUT2D eigenvalue weighted by atomic mass is 10.0. The number of esters is 3. The molecule has 0 amide bonds. The van der Waals surface area contributed by atoms with E-state index >= 15 is 0 Å². The van der Waals surface area contributed by atoms with Crippen LogP contribution in [0.2, 0.25) is 0 Å². The summed E-state index contributed by atoms with van der Waals surface area (Å²) in [5.41, 5.74) is 0. The summed E-state index contributed by atoms with van der Waals surface area (Å²) in [5, 5.41) is 0. The van der Waals surface area contributed by atoms with Gasteiger partial charge in [-0.3, -0.25) is 14.4 Å². The lowest BCUT2D eigenvalue weighted by Crippen LogP contribution is -2.30. The van der Waals surface area contributed by atoms with E-state index in [-0.39, 0.29) is 31.1 Å². The fourth-order valence-electron chi connectivity index (χ4n) is 9.83. The fourth-order valence-corrected chi connectivity index (χ4v) is 9.83. The van der Waals surface area contributed by atoms with Crippen LogP contribution in [-0.4, -0.2) is 37.2 Å². The molecule has 0 aliphatic rings. The van der Waals surface area contributed by atoms with Crippen LogP contribution in [0.3, 0.4) is 0 Å². The zero-order valence-electron chi connectivity index (χ0n) is 50.8. The molecule has 0 N–H and O–H groups in total. The summed E-state index contributed by atoms with van der Waals surface area (Å²) in [6.07, 6.45) is 82.4. The Bertz CT molecular complexity index is 1360. The molecule has 0 rings (SSSR count). The highest BCUT2D eigenvalue weighted by Crippen LogP contribution is 2.18. The molecule has 0 aromatic heterocycles. The van der Waals surface area contributed by atoms with Crippen LogP contribution in [0.1, 0.15) is 348 Å². The van der Waals surface area contributed by atoms with Crippen molar-refractivity contribution in [2.45, 2.75) is 354 Å². The third-order valence-corrected chi connectivity index (χ3v) is 14.8. The Morgan fingerprint density at radius 3 is 0.803 bits per heavy atom. The fraction of sp³-hybridized carbons (Fsp3) is 0.814. The number of ether oxygens (including phenoxy) is 3. The molecular weight excluding hydrogens is 937 g/mol. The second kappa shape index (κ2) is 64.6. The third-order valence-electron chi connectivity index (χ3n) is 14.8. The second-order valence-corrected chi connectivity index (χ2v) is 22.4. The first-order valence-corrected chi connectivity index (χ1v) is 33.3. The molecule has 6 heteroatoms. The van der Waals surface area contributed by atoms with E-state index in [2.05, 4.69) is 81.5 Å². The predicted molar refractivity (Wildman–Crippen MR) is 330 cm³/mol. The maximum Gasteiger partial charge on any atom is 0.306 e. The van der Waals surface area contributed by atoms with E-state index in [4.69, 9.17) is 14.2 Å². The van der Waals surface area contributed by atoms with Gasteiger partial charge >= 0.3 is 17.9 Å². The number of rotatable bonds is 61. The first-order valence-electron chi connectivity index (χ1n) is 33.3. The molecule has 0 aliphatic carbocycles. The molecular formula is C70H126O6. The first kappa shape index (κ1) is 73.1. The Morgan fingerprint density at radius 2 is 0.513 bits per heavy atom. The summed E-state index contributed by atoms with van der Waals surface area (Å²) in [4.78, 5) is 38.3. The lowest BCUT2D eigenvalue weighted by Gasteiger charge is -2.18. The zero-order chi connectivity index (χ0) is 55.0. The molecule has 0 saturated heterocycles. The minimum Gasteiger partial charge on any atom is -0.462 e. The summed E-state index contributed by atoms with van der Waals surface area (Å²) in [6, 6.07) is 0. The van der Waals surface area contributed by atoms with Gasteiger partial charge in [0.2, 0.25) is 0 Å². The van der Waals surface area contributed by atoms with Gasteiger partial charge in [0.05, 0.1) is 0 Å². The molecule has 0 aliphatic heterocycles. The third kappa shape index (κ3) is 62.0. The number of unbranched alkanes of at least 4 members (excludes halogenated alkanes) is 40. The van der Waals surface area contributed by atoms with Crippen molar-refractivity contribution >= 4 is 17.9 Å². The number of allylic oxidation sites excluding steroid dienone is 10. The Labute approximate surface area is 472 Å². The predicted octanol–water partition coefficient (Wildman–Crippen LogP) is 22.7. The average Bonchev–Trinajstić information content (AvgIpc) is 3.42. The van der Waals surface area contributed by atoms with Crippen molar-refractivity contribution in [2.75, 3.05) is 13.2 Å². The van der Waals surface area contributed by atoms with Crippen molar-refractivity contribution in [2.24, 2.45) is 0 Å². The van der Waals surface area contributed by atoms with Gasteiger partial charge in [-0.15, -0.1) is 0 Å². The topological polar surface area (TPSA) is 78.9 Å². The summed E-state index contributed by atoms with van der Waals surface area (Å²) in [6.45, 7) is 6.58. The van der Waals surface area contributed by atoms with Crippen molar-refractivity contribution in [3.8, 4) is 0 Å². The molecule has 76 heavy (non-hydrogen) atoms. The van der Waals surface area contributed by atoms with E-state index in [1.807, 2.05) is 0 Å². The average molecular weight is 1060 g/mol. The van der Waals surface area contributed by atoms with Gasteiger partial charge in [0.15, 0.2) is 6.10 Å². The van der Waals surface area contributed by atoms with Crippen molar-refractivity contribution < 1.29 is 28.6 Å². The van der Waals surface area contributed by atoms with Gasteiger partial charge < -0.3 is 14.2 Å². The molecule has 0 saturated carbocycles. The van der Waals surface area contributed by atoms with Crippen LogP contribution in [0.25, 0.3) is 0 Å². The quantitative estimate of drug-likeness (QED) is 0.0261. The summed E-state index contributed by atoms with van der Waals surface area (Å²) >= 11 is 0. The minimum absolute atomic E-state index is 0.0679. The number of hydrogen-bond donors (Lipinski definition) is 0. The Morgan fingerprint density at radius 1 is 0.276 bits per heavy atom. The van der Waals surface area contributed by atoms with Gasteiger partial charge in [-0.05, 0) is 64.2 Å². The van der Waals surface area contributed by atoms with Gasteiger partial charge in [-0.25, -0.2) is 0 Å². The number of carbonyl (C=O) groups excluding carboxylic acids is 3. The standard InChI is InChI=1S/C70H126O6/c1-4-7-10-13-16-19-22-25-27-29-30-31-32-33-34-35-36-37-38-39-40-42-43-45-48-51-54-57-60-63-69(72)75-66-67(65-74-68(71)62-59-56-53-50-47-24-21-18-15-12-9-6-3)76-70(73)64-61-58-55-52-49-46-44-41-28-26-23-20-17-14-11-8-5-2/h7,10,16,19,25,27,30-31,33-34,67H,4-6,8-9,11-15,17-18,20-24,26,28-29,32,35-66H2,1-3H3/b10-7-,19-16-,27-25-,31-30-,34-33-. The minimum atomic E-state index is -0.770. The van der Waals surface area contributed by atoms with E-state index in [1.54, 1.807) is 0 Å². The molecule has 0 bridgehead atoms. The van der Waals surface area contributed by atoms with Crippen molar-refractivity contribution in [1.82, 2.24) is 0 Å². The number of carbonyl (C=O) groups is 3. The molecule has 0 aromatic carbocycles. The molecule has 0 spiro atoms. The van der Waals surface area contributed by atoms with Crippen LogP contribution in [0.4, 0.5) is 0 Å². The first-order chi connectivity index (χ1) is 37.5. The molecule has 0 fully saturated rings. The van der Waals surface area contributed by atoms with Crippen molar-refractivity contribution in [1.29, 1.82) is 0 Å². The van der Waals surface area contributed by atoms with Crippen LogP contribution in [0.15, 0.2) is 60.8 Å². The lowest BCUT2D eigenvalue weighted by molar-refractivity contribution is -0.167. The summed E-state index contributed by atoms with van der Waals surface area (Å²) in [7, 11) is 0. The normalized spacial score (nSPS) is 12.4. The van der Waals surface area contributed by atoms with Gasteiger partial charge in [0.25, 0.3) is 0 Å². The van der Waals surface area contributed by atoms with E-state index in [1.165, 1.54) is 218 Å². The van der Waals surface area contributed by atoms with Crippen LogP contribution < -0.4 is 0 Å². The SMILES string of the molecule is CC/C=C\C/C=C\C/C=C\C/C=C\C/C=C\CCCCCCCCCCCCCCCC(=O)OCC(COC(=O)CCCCCCCCCCCCCC)OC(=O)CCCCCCCCCCCCCCCCCCC. The maximum atomic E-state index is 12.9. The molecule has 1 unspecified atom stereocenters. The van der Waals surface area contributed by atoms with Crippen molar-refractivity contribution in [3.05, 3.63) is 60.8 Å². The second-order valence-electron chi connectivity index (χ2n) is 22.4. The molecule has 6 nitrogen and oxygen atoms in total. The smallest absolute Gasteiger partial charge is 0.306 e. The Kier molecular flexibility index (Phi) is 62.2. The largest absolute Gasteiger partial charge is 0.462 e. The van der Waals surface area contributed by atoms with Crippen LogP contribution in [0.5, 0.6) is 0 Å².